The summed E-state index contributed by atoms with van der Waals surface area (Å²) in [6.45, 7) is 0.181. The van der Waals surface area contributed by atoms with Gasteiger partial charge in [-0.2, -0.15) is 5.10 Å². The first-order valence-corrected chi connectivity index (χ1v) is 4.96. The Morgan fingerprint density at radius 1 is 1.47 bits per heavy atom. The van der Waals surface area contributed by atoms with Gasteiger partial charge in [0, 0.05) is 7.05 Å². The van der Waals surface area contributed by atoms with Crippen LogP contribution in [0.1, 0.15) is 16.2 Å². The van der Waals surface area contributed by atoms with Crippen molar-refractivity contribution in [2.45, 2.75) is 6.61 Å². The molecule has 0 aliphatic carbocycles. The number of hydrogen-bond donors (Lipinski definition) is 1. The summed E-state index contributed by atoms with van der Waals surface area (Å²) < 4.78 is 6.99. The van der Waals surface area contributed by atoms with Crippen LogP contribution in [0.5, 0.6) is 5.75 Å². The highest BCUT2D eigenvalue weighted by Gasteiger charge is 2.11. The van der Waals surface area contributed by atoms with Crippen LogP contribution in [0.15, 0.2) is 30.6 Å². The minimum absolute atomic E-state index is 0.134. The molecule has 1 N–H and O–H groups in total. The van der Waals surface area contributed by atoms with E-state index in [4.69, 9.17) is 9.84 Å². The Morgan fingerprint density at radius 2 is 2.24 bits per heavy atom. The van der Waals surface area contributed by atoms with Gasteiger partial charge in [0.05, 0.1) is 0 Å². The largest absolute Gasteiger partial charge is 0.485 e. The second-order valence-electron chi connectivity index (χ2n) is 3.39. The van der Waals surface area contributed by atoms with Gasteiger partial charge in [-0.25, -0.2) is 9.78 Å². The number of ether oxygens (including phenoxy) is 1. The molecular formula is C11H11N3O3. The number of para-hydroxylation sites is 1. The van der Waals surface area contributed by atoms with Gasteiger partial charge < -0.3 is 9.84 Å². The third-order valence-electron chi connectivity index (χ3n) is 2.28. The molecular weight excluding hydrogens is 222 g/mol. The summed E-state index contributed by atoms with van der Waals surface area (Å²) in [6.07, 6.45) is 1.42. The average Bonchev–Trinajstić information content (AvgIpc) is 2.72. The first kappa shape index (κ1) is 11.1. The summed E-state index contributed by atoms with van der Waals surface area (Å²) in [5.74, 6) is -0.0632. The van der Waals surface area contributed by atoms with Crippen LogP contribution in [0.2, 0.25) is 0 Å². The topological polar surface area (TPSA) is 77.2 Å². The van der Waals surface area contributed by atoms with Crippen molar-refractivity contribution in [2.75, 3.05) is 0 Å². The van der Waals surface area contributed by atoms with Crippen LogP contribution in [-0.2, 0) is 13.7 Å². The van der Waals surface area contributed by atoms with Crippen LogP contribution in [0.25, 0.3) is 0 Å². The average molecular weight is 233 g/mol. The molecule has 17 heavy (non-hydrogen) atoms. The summed E-state index contributed by atoms with van der Waals surface area (Å²) >= 11 is 0. The number of aromatic carboxylic acids is 1. The lowest BCUT2D eigenvalue weighted by molar-refractivity contribution is 0.0691. The molecule has 0 spiro atoms. The van der Waals surface area contributed by atoms with Gasteiger partial charge >= 0.3 is 5.97 Å². The van der Waals surface area contributed by atoms with E-state index in [1.54, 1.807) is 29.9 Å². The van der Waals surface area contributed by atoms with Gasteiger partial charge in [0.25, 0.3) is 0 Å². The molecule has 6 heteroatoms. The molecule has 0 unspecified atom stereocenters. The number of carboxylic acids is 1. The molecule has 88 valence electrons. The van der Waals surface area contributed by atoms with E-state index >= 15 is 0 Å². The molecule has 0 atom stereocenters. The summed E-state index contributed by atoms with van der Waals surface area (Å²) in [7, 11) is 1.74. The van der Waals surface area contributed by atoms with Crippen molar-refractivity contribution >= 4 is 5.97 Å². The van der Waals surface area contributed by atoms with Crippen LogP contribution in [-0.4, -0.2) is 25.8 Å². The number of aromatic nitrogens is 3. The highest BCUT2D eigenvalue weighted by molar-refractivity contribution is 5.90. The molecule has 6 nitrogen and oxygen atoms in total. The van der Waals surface area contributed by atoms with Crippen LogP contribution in [0.4, 0.5) is 0 Å². The zero-order chi connectivity index (χ0) is 12.3. The van der Waals surface area contributed by atoms with Gasteiger partial charge in [0.15, 0.2) is 5.82 Å². The van der Waals surface area contributed by atoms with E-state index in [1.165, 1.54) is 12.4 Å². The zero-order valence-corrected chi connectivity index (χ0v) is 9.20. The Balaban J connectivity index is 2.14. The van der Waals surface area contributed by atoms with Gasteiger partial charge in [-0.15, -0.1) is 0 Å². The van der Waals surface area contributed by atoms with Gasteiger partial charge in [-0.3, -0.25) is 4.68 Å². The molecule has 1 heterocycles. The zero-order valence-electron chi connectivity index (χ0n) is 9.20. The van der Waals surface area contributed by atoms with Crippen molar-refractivity contribution in [1.29, 1.82) is 0 Å². The van der Waals surface area contributed by atoms with Crippen molar-refractivity contribution < 1.29 is 14.6 Å². The van der Waals surface area contributed by atoms with Crippen molar-refractivity contribution in [2.24, 2.45) is 7.05 Å². The second kappa shape index (κ2) is 4.65. The van der Waals surface area contributed by atoms with E-state index in [9.17, 15) is 4.79 Å². The maximum atomic E-state index is 10.9. The monoisotopic (exact) mass is 233 g/mol. The Morgan fingerprint density at radius 3 is 2.88 bits per heavy atom. The van der Waals surface area contributed by atoms with Crippen molar-refractivity contribution in [3.63, 3.8) is 0 Å². The molecule has 0 bridgehead atoms. The maximum absolute atomic E-state index is 10.9. The SMILES string of the molecule is Cn1ncnc1COc1ccccc1C(=O)O. The molecule has 2 rings (SSSR count). The third-order valence-corrected chi connectivity index (χ3v) is 2.28. The number of hydrogen-bond acceptors (Lipinski definition) is 4. The van der Waals surface area contributed by atoms with E-state index in [0.717, 1.165) is 0 Å². The smallest absolute Gasteiger partial charge is 0.339 e. The summed E-state index contributed by atoms with van der Waals surface area (Å²) in [6, 6.07) is 6.48. The van der Waals surface area contributed by atoms with Crippen LogP contribution in [0.3, 0.4) is 0 Å². The summed E-state index contributed by atoms with van der Waals surface area (Å²) in [5.41, 5.74) is 0.134. The number of carbonyl (C=O) groups is 1. The molecule has 0 fully saturated rings. The minimum Gasteiger partial charge on any atom is -0.485 e. The van der Waals surface area contributed by atoms with Gasteiger partial charge in [0.1, 0.15) is 24.2 Å². The third kappa shape index (κ3) is 2.41. The molecule has 0 aliphatic heterocycles. The summed E-state index contributed by atoms with van der Waals surface area (Å²) in [5, 5.41) is 12.9. The molecule has 2 aromatic rings. The first-order valence-electron chi connectivity index (χ1n) is 4.96. The number of nitrogens with zero attached hydrogens (tertiary/aromatic N) is 3. The predicted octanol–water partition coefficient (Wildman–Crippen LogP) is 1.09. The predicted molar refractivity (Wildman–Crippen MR) is 58.7 cm³/mol. The van der Waals surface area contributed by atoms with E-state index in [0.29, 0.717) is 11.6 Å². The Labute approximate surface area is 97.5 Å². The Hall–Kier alpha value is -2.37. The van der Waals surface area contributed by atoms with Gasteiger partial charge in [0.2, 0.25) is 0 Å². The second-order valence-corrected chi connectivity index (χ2v) is 3.39. The van der Waals surface area contributed by atoms with Gasteiger partial charge in [-0.05, 0) is 12.1 Å². The van der Waals surface area contributed by atoms with Crippen LogP contribution >= 0.6 is 0 Å². The number of rotatable bonds is 4. The highest BCUT2D eigenvalue weighted by atomic mass is 16.5. The van der Waals surface area contributed by atoms with Crippen molar-refractivity contribution in [3.05, 3.63) is 42.0 Å². The fourth-order valence-corrected chi connectivity index (χ4v) is 1.36. The normalized spacial score (nSPS) is 10.2. The van der Waals surface area contributed by atoms with Gasteiger partial charge in [-0.1, -0.05) is 12.1 Å². The lowest BCUT2D eigenvalue weighted by atomic mass is 10.2. The standard InChI is InChI=1S/C11H11N3O3/c1-14-10(12-7-13-14)6-17-9-5-3-2-4-8(9)11(15)16/h2-5,7H,6H2,1H3,(H,15,16). The lowest BCUT2D eigenvalue weighted by Gasteiger charge is -2.07. The van der Waals surface area contributed by atoms with E-state index in [-0.39, 0.29) is 12.2 Å². The molecule has 0 aliphatic rings. The Bertz CT molecular complexity index is 536. The lowest BCUT2D eigenvalue weighted by Crippen LogP contribution is -2.07. The van der Waals surface area contributed by atoms with E-state index in [1.807, 2.05) is 0 Å². The maximum Gasteiger partial charge on any atom is 0.339 e. The van der Waals surface area contributed by atoms with Crippen LogP contribution < -0.4 is 4.74 Å². The van der Waals surface area contributed by atoms with E-state index in [2.05, 4.69) is 10.1 Å². The number of carboxylic acid groups (broad SMARTS) is 1. The molecule has 0 saturated heterocycles. The molecule has 0 saturated carbocycles. The number of aryl methyl sites for hydroxylation is 1. The quantitative estimate of drug-likeness (QED) is 0.855. The summed E-state index contributed by atoms with van der Waals surface area (Å²) in [4.78, 5) is 14.9. The Kier molecular flexibility index (Phi) is 3.04. The molecule has 0 radical (unpaired) electrons. The van der Waals surface area contributed by atoms with Crippen molar-refractivity contribution in [3.8, 4) is 5.75 Å². The molecule has 0 amide bonds. The van der Waals surface area contributed by atoms with E-state index < -0.39 is 5.97 Å². The molecule has 1 aromatic carbocycles. The fourth-order valence-electron chi connectivity index (χ4n) is 1.36. The molecule has 1 aromatic heterocycles. The van der Waals surface area contributed by atoms with Crippen molar-refractivity contribution in [1.82, 2.24) is 14.8 Å². The highest BCUT2D eigenvalue weighted by Crippen LogP contribution is 2.18. The fraction of sp³-hybridized carbons (Fsp3) is 0.182. The minimum atomic E-state index is -1.02. The first-order chi connectivity index (χ1) is 8.18. The number of benzene rings is 1. The van der Waals surface area contributed by atoms with Crippen LogP contribution in [0, 0.1) is 0 Å².